The van der Waals surface area contributed by atoms with Gasteiger partial charge in [0.1, 0.15) is 6.29 Å². The second-order valence-corrected chi connectivity index (χ2v) is 3.02. The van der Waals surface area contributed by atoms with Crippen molar-refractivity contribution in [1.29, 1.82) is 0 Å². The Kier molecular flexibility index (Phi) is 2.09. The Morgan fingerprint density at radius 1 is 1.23 bits per heavy atom. The molecule has 1 aliphatic carbocycles. The van der Waals surface area contributed by atoms with E-state index in [-0.39, 0.29) is 0 Å². The van der Waals surface area contributed by atoms with Crippen LogP contribution in [0.15, 0.2) is 36.4 Å². The summed E-state index contributed by atoms with van der Waals surface area (Å²) in [5.41, 5.74) is 3.48. The summed E-state index contributed by atoms with van der Waals surface area (Å²) in [5, 5.41) is 0. The van der Waals surface area contributed by atoms with Gasteiger partial charge in [0, 0.05) is 0 Å². The van der Waals surface area contributed by atoms with Crippen LogP contribution in [0.5, 0.6) is 0 Å². The van der Waals surface area contributed by atoms with Gasteiger partial charge in [0.2, 0.25) is 0 Å². The van der Waals surface area contributed by atoms with E-state index in [0.29, 0.717) is 0 Å². The molecule has 0 atom stereocenters. The Morgan fingerprint density at radius 2 is 2.08 bits per heavy atom. The van der Waals surface area contributed by atoms with Crippen molar-refractivity contribution in [2.45, 2.75) is 6.42 Å². The van der Waals surface area contributed by atoms with Crippen LogP contribution in [0.3, 0.4) is 0 Å². The third-order valence-corrected chi connectivity index (χ3v) is 2.21. The smallest absolute Gasteiger partial charge is 0.143 e. The summed E-state index contributed by atoms with van der Waals surface area (Å²) in [6.07, 6.45) is 7.53. The van der Waals surface area contributed by atoms with Crippen LogP contribution in [0.1, 0.15) is 17.5 Å². The molecule has 2 rings (SSSR count). The number of carbonyl (C=O) groups is 1. The van der Waals surface area contributed by atoms with Crippen LogP contribution >= 0.6 is 0 Å². The van der Waals surface area contributed by atoms with Crippen molar-refractivity contribution < 1.29 is 4.79 Å². The van der Waals surface area contributed by atoms with Crippen LogP contribution in [-0.4, -0.2) is 6.29 Å². The minimum atomic E-state index is 0.852. The maximum absolute atomic E-state index is 10.4. The van der Waals surface area contributed by atoms with Crippen molar-refractivity contribution in [2.75, 3.05) is 0 Å². The molecule has 0 bridgehead atoms. The van der Waals surface area contributed by atoms with Crippen LogP contribution in [0.2, 0.25) is 0 Å². The average Bonchev–Trinajstić information content (AvgIpc) is 2.19. The van der Waals surface area contributed by atoms with Gasteiger partial charge < -0.3 is 0 Å². The number of fused-ring (bicyclic) bond motifs is 1. The molecule has 1 aliphatic rings. The number of aldehydes is 1. The molecule has 0 heterocycles. The lowest BCUT2D eigenvalue weighted by atomic mass is 9.92. The van der Waals surface area contributed by atoms with Crippen molar-refractivity contribution in [2.24, 2.45) is 0 Å². The van der Waals surface area contributed by atoms with Crippen molar-refractivity contribution in [1.82, 2.24) is 0 Å². The van der Waals surface area contributed by atoms with Gasteiger partial charge in [0.25, 0.3) is 0 Å². The molecular formula is C12H10O. The van der Waals surface area contributed by atoms with E-state index < -0.39 is 0 Å². The van der Waals surface area contributed by atoms with Crippen LogP contribution in [0, 0.1) is 0 Å². The molecule has 0 unspecified atom stereocenters. The maximum Gasteiger partial charge on any atom is 0.143 e. The van der Waals surface area contributed by atoms with E-state index in [1.54, 1.807) is 6.08 Å². The first-order valence-electron chi connectivity index (χ1n) is 4.32. The van der Waals surface area contributed by atoms with Gasteiger partial charge in [-0.25, -0.2) is 0 Å². The second-order valence-electron chi connectivity index (χ2n) is 3.02. The quantitative estimate of drug-likeness (QED) is 0.468. The van der Waals surface area contributed by atoms with E-state index in [1.165, 1.54) is 11.1 Å². The van der Waals surface area contributed by atoms with E-state index in [1.807, 2.05) is 18.2 Å². The zero-order valence-corrected chi connectivity index (χ0v) is 7.23. The lowest BCUT2D eigenvalue weighted by molar-refractivity contribution is -0.104. The monoisotopic (exact) mass is 170 g/mol. The summed E-state index contributed by atoms with van der Waals surface area (Å²) in [6.45, 7) is 0. The summed E-state index contributed by atoms with van der Waals surface area (Å²) in [5.74, 6) is 0. The number of carbonyl (C=O) groups excluding carboxylic acids is 1. The fourth-order valence-electron chi connectivity index (χ4n) is 1.60. The molecule has 0 aromatic heterocycles. The molecule has 13 heavy (non-hydrogen) atoms. The fourth-order valence-corrected chi connectivity index (χ4v) is 1.60. The summed E-state index contributed by atoms with van der Waals surface area (Å²) >= 11 is 0. The Labute approximate surface area is 77.4 Å². The van der Waals surface area contributed by atoms with Crippen LogP contribution < -0.4 is 0 Å². The SMILES string of the molecule is O=CC=C1CC=Cc2ccccc21. The third kappa shape index (κ3) is 1.45. The highest BCUT2D eigenvalue weighted by Crippen LogP contribution is 2.27. The molecule has 64 valence electrons. The molecule has 0 amide bonds. The fraction of sp³-hybridized carbons (Fsp3) is 0.0833. The van der Waals surface area contributed by atoms with Gasteiger partial charge in [-0.2, -0.15) is 0 Å². The molecule has 0 saturated heterocycles. The second kappa shape index (κ2) is 3.40. The Hall–Kier alpha value is -1.63. The van der Waals surface area contributed by atoms with E-state index >= 15 is 0 Å². The van der Waals surface area contributed by atoms with Gasteiger partial charge in [-0.05, 0) is 29.2 Å². The zero-order valence-electron chi connectivity index (χ0n) is 7.23. The maximum atomic E-state index is 10.4. The van der Waals surface area contributed by atoms with Crippen LogP contribution in [0.25, 0.3) is 11.6 Å². The van der Waals surface area contributed by atoms with Crippen molar-refractivity contribution in [3.05, 3.63) is 47.5 Å². The molecule has 0 N–H and O–H groups in total. The first-order valence-corrected chi connectivity index (χ1v) is 4.32. The Morgan fingerprint density at radius 3 is 2.92 bits per heavy atom. The predicted octanol–water partition coefficient (Wildman–Crippen LogP) is 2.69. The largest absolute Gasteiger partial charge is 0.299 e. The van der Waals surface area contributed by atoms with Gasteiger partial charge >= 0.3 is 0 Å². The van der Waals surface area contributed by atoms with Crippen LogP contribution in [0.4, 0.5) is 0 Å². The van der Waals surface area contributed by atoms with Crippen molar-refractivity contribution in [3.8, 4) is 0 Å². The third-order valence-electron chi connectivity index (χ3n) is 2.21. The van der Waals surface area contributed by atoms with Gasteiger partial charge in [-0.3, -0.25) is 4.79 Å². The van der Waals surface area contributed by atoms with Gasteiger partial charge in [-0.1, -0.05) is 36.4 Å². The van der Waals surface area contributed by atoms with Gasteiger partial charge in [-0.15, -0.1) is 0 Å². The van der Waals surface area contributed by atoms with E-state index in [0.717, 1.165) is 18.3 Å². The summed E-state index contributed by atoms with van der Waals surface area (Å²) < 4.78 is 0. The lowest BCUT2D eigenvalue weighted by Crippen LogP contribution is -1.92. The first-order chi connectivity index (χ1) is 6.42. The number of hydrogen-bond donors (Lipinski definition) is 0. The van der Waals surface area contributed by atoms with E-state index in [2.05, 4.69) is 18.2 Å². The molecule has 1 aromatic carbocycles. The Balaban J connectivity index is 2.55. The van der Waals surface area contributed by atoms with E-state index in [4.69, 9.17) is 0 Å². The standard InChI is InChI=1S/C12H10O/c13-9-8-11-6-3-5-10-4-1-2-7-12(10)11/h1-5,7-9H,6H2. The van der Waals surface area contributed by atoms with Crippen LogP contribution in [-0.2, 0) is 4.79 Å². The van der Waals surface area contributed by atoms with Gasteiger partial charge in [0.15, 0.2) is 0 Å². The molecular weight excluding hydrogens is 160 g/mol. The topological polar surface area (TPSA) is 17.1 Å². The highest BCUT2D eigenvalue weighted by molar-refractivity contribution is 5.87. The summed E-state index contributed by atoms with van der Waals surface area (Å²) in [4.78, 5) is 10.4. The molecule has 0 radical (unpaired) electrons. The number of rotatable bonds is 1. The summed E-state index contributed by atoms with van der Waals surface area (Å²) in [7, 11) is 0. The minimum Gasteiger partial charge on any atom is -0.299 e. The molecule has 0 spiro atoms. The van der Waals surface area contributed by atoms with Crippen molar-refractivity contribution >= 4 is 17.9 Å². The normalized spacial score (nSPS) is 17.1. The van der Waals surface area contributed by atoms with E-state index in [9.17, 15) is 4.79 Å². The average molecular weight is 170 g/mol. The molecule has 1 heteroatoms. The molecule has 0 aliphatic heterocycles. The highest BCUT2D eigenvalue weighted by Gasteiger charge is 2.07. The van der Waals surface area contributed by atoms with Crippen molar-refractivity contribution in [3.63, 3.8) is 0 Å². The molecule has 0 fully saturated rings. The first kappa shape index (κ1) is 7.99. The zero-order chi connectivity index (χ0) is 9.10. The molecule has 1 nitrogen and oxygen atoms in total. The highest BCUT2D eigenvalue weighted by atomic mass is 16.1. The number of benzene rings is 1. The molecule has 0 saturated carbocycles. The number of allylic oxidation sites excluding steroid dienone is 3. The minimum absolute atomic E-state index is 0.852. The number of hydrogen-bond acceptors (Lipinski definition) is 1. The Bertz CT molecular complexity index is 386. The predicted molar refractivity (Wildman–Crippen MR) is 54.1 cm³/mol. The molecule has 1 aromatic rings. The van der Waals surface area contributed by atoms with Gasteiger partial charge in [0.05, 0.1) is 0 Å². The lowest BCUT2D eigenvalue weighted by Gasteiger charge is -2.12. The summed E-state index contributed by atoms with van der Waals surface area (Å²) in [6, 6.07) is 8.11.